The van der Waals surface area contributed by atoms with Crippen LogP contribution in [0.3, 0.4) is 0 Å². The lowest BCUT2D eigenvalue weighted by molar-refractivity contribution is 0.148. The first kappa shape index (κ1) is 17.3. The molecule has 0 amide bonds. The smallest absolute Gasteiger partial charge is 0.123 e. The van der Waals surface area contributed by atoms with E-state index in [1.54, 1.807) is 0 Å². The minimum absolute atomic E-state index is 0.310. The van der Waals surface area contributed by atoms with Crippen LogP contribution in [0.15, 0.2) is 67.0 Å². The van der Waals surface area contributed by atoms with Gasteiger partial charge in [0.15, 0.2) is 0 Å². The van der Waals surface area contributed by atoms with E-state index in [1.807, 2.05) is 18.3 Å². The summed E-state index contributed by atoms with van der Waals surface area (Å²) in [4.78, 5) is 7.12. The van der Waals surface area contributed by atoms with Gasteiger partial charge in [-0.15, -0.1) is 0 Å². The number of hydrogen-bond acceptors (Lipinski definition) is 3. The second-order valence-corrected chi connectivity index (χ2v) is 7.14. The van der Waals surface area contributed by atoms with Crippen molar-refractivity contribution in [1.29, 1.82) is 0 Å². The van der Waals surface area contributed by atoms with E-state index in [2.05, 4.69) is 68.4 Å². The number of aromatic nitrogens is 2. The van der Waals surface area contributed by atoms with Gasteiger partial charge in [0.2, 0.25) is 0 Å². The predicted octanol–water partition coefficient (Wildman–Crippen LogP) is 3.73. The van der Waals surface area contributed by atoms with Crippen LogP contribution < -0.4 is 5.32 Å². The van der Waals surface area contributed by atoms with Gasteiger partial charge < -0.3 is 9.88 Å². The van der Waals surface area contributed by atoms with Gasteiger partial charge in [0.1, 0.15) is 5.82 Å². The van der Waals surface area contributed by atoms with Crippen molar-refractivity contribution in [3.05, 3.63) is 89.0 Å². The van der Waals surface area contributed by atoms with Crippen molar-refractivity contribution in [3.63, 3.8) is 0 Å². The second-order valence-electron chi connectivity index (χ2n) is 6.70. The van der Waals surface area contributed by atoms with E-state index in [4.69, 9.17) is 11.6 Å². The van der Waals surface area contributed by atoms with Crippen LogP contribution >= 0.6 is 11.6 Å². The summed E-state index contributed by atoms with van der Waals surface area (Å²) in [5.74, 6) is 1.10. The Morgan fingerprint density at radius 1 is 1.08 bits per heavy atom. The molecule has 4 nitrogen and oxygen atoms in total. The minimum Gasteiger partial charge on any atom is -0.329 e. The van der Waals surface area contributed by atoms with Gasteiger partial charge in [-0.1, -0.05) is 54.1 Å². The van der Waals surface area contributed by atoms with Crippen molar-refractivity contribution in [2.24, 2.45) is 0 Å². The standard InChI is InChI=1S/C21H23ClN4/c22-19-8-4-7-18(13-19)20-14-23-9-11-25(20)16-21-24-10-12-26(21)15-17-5-2-1-3-6-17/h1-8,10,12-13,20,23H,9,11,14-16H2. The Bertz CT molecular complexity index is 846. The quantitative estimate of drug-likeness (QED) is 0.746. The molecule has 0 spiro atoms. The molecule has 0 aliphatic carbocycles. The molecule has 1 aliphatic heterocycles. The van der Waals surface area contributed by atoms with Crippen molar-refractivity contribution in [2.75, 3.05) is 19.6 Å². The van der Waals surface area contributed by atoms with Crippen molar-refractivity contribution >= 4 is 11.6 Å². The lowest BCUT2D eigenvalue weighted by Crippen LogP contribution is -2.45. The Hall–Kier alpha value is -2.14. The summed E-state index contributed by atoms with van der Waals surface area (Å²) >= 11 is 6.21. The van der Waals surface area contributed by atoms with E-state index in [9.17, 15) is 0 Å². The highest BCUT2D eigenvalue weighted by Gasteiger charge is 2.25. The third-order valence-electron chi connectivity index (χ3n) is 4.93. The predicted molar refractivity (Wildman–Crippen MR) is 105 cm³/mol. The molecule has 3 aromatic rings. The van der Waals surface area contributed by atoms with Crippen LogP contribution in [0.4, 0.5) is 0 Å². The summed E-state index contributed by atoms with van der Waals surface area (Å²) in [7, 11) is 0. The zero-order valence-corrected chi connectivity index (χ0v) is 15.4. The molecule has 1 aromatic heterocycles. The van der Waals surface area contributed by atoms with Gasteiger partial charge in [-0.25, -0.2) is 4.98 Å². The molecule has 2 heterocycles. The third-order valence-corrected chi connectivity index (χ3v) is 5.16. The number of rotatable bonds is 5. The average molecular weight is 367 g/mol. The fourth-order valence-electron chi connectivity index (χ4n) is 3.58. The third kappa shape index (κ3) is 3.98. The van der Waals surface area contributed by atoms with Crippen LogP contribution in [0.25, 0.3) is 0 Å². The maximum absolute atomic E-state index is 6.21. The monoisotopic (exact) mass is 366 g/mol. The summed E-state index contributed by atoms with van der Waals surface area (Å²) in [6, 6.07) is 19.0. The molecule has 0 radical (unpaired) electrons. The molecule has 1 aliphatic rings. The molecule has 26 heavy (non-hydrogen) atoms. The molecule has 1 saturated heterocycles. The van der Waals surface area contributed by atoms with Crippen molar-refractivity contribution < 1.29 is 0 Å². The Kier molecular flexibility index (Phi) is 5.34. The fourth-order valence-corrected chi connectivity index (χ4v) is 3.77. The zero-order valence-electron chi connectivity index (χ0n) is 14.7. The molecule has 4 rings (SSSR count). The highest BCUT2D eigenvalue weighted by molar-refractivity contribution is 6.30. The summed E-state index contributed by atoms with van der Waals surface area (Å²) in [5, 5.41) is 4.30. The lowest BCUT2D eigenvalue weighted by Gasteiger charge is -2.36. The second kappa shape index (κ2) is 8.04. The summed E-state index contributed by atoms with van der Waals surface area (Å²) in [6.45, 7) is 4.61. The van der Waals surface area contributed by atoms with Gasteiger partial charge >= 0.3 is 0 Å². The largest absolute Gasteiger partial charge is 0.329 e. The SMILES string of the molecule is Clc1cccc(C2CNCCN2Cc2nccn2Cc2ccccc2)c1. The van der Waals surface area contributed by atoms with E-state index in [0.29, 0.717) is 6.04 Å². The Morgan fingerprint density at radius 2 is 1.96 bits per heavy atom. The molecule has 1 N–H and O–H groups in total. The molecule has 1 atom stereocenters. The molecule has 134 valence electrons. The summed E-state index contributed by atoms with van der Waals surface area (Å²) in [5.41, 5.74) is 2.55. The highest BCUT2D eigenvalue weighted by Crippen LogP contribution is 2.26. The van der Waals surface area contributed by atoms with Gasteiger partial charge in [-0.3, -0.25) is 4.90 Å². The van der Waals surface area contributed by atoms with Crippen molar-refractivity contribution in [3.8, 4) is 0 Å². The van der Waals surface area contributed by atoms with Crippen molar-refractivity contribution in [1.82, 2.24) is 19.8 Å². The number of nitrogens with one attached hydrogen (secondary N) is 1. The summed E-state index contributed by atoms with van der Waals surface area (Å²) in [6.07, 6.45) is 3.97. The number of benzene rings is 2. The number of nitrogens with zero attached hydrogens (tertiary/aromatic N) is 3. The number of piperazine rings is 1. The number of halogens is 1. The first-order chi connectivity index (χ1) is 12.8. The molecular formula is C21H23ClN4. The maximum atomic E-state index is 6.21. The van der Waals surface area contributed by atoms with E-state index >= 15 is 0 Å². The van der Waals surface area contributed by atoms with Crippen LogP contribution in [0.1, 0.15) is 23.0 Å². The van der Waals surface area contributed by atoms with E-state index in [1.165, 1.54) is 11.1 Å². The molecule has 1 unspecified atom stereocenters. The Balaban J connectivity index is 1.53. The normalized spacial score (nSPS) is 18.1. The van der Waals surface area contributed by atoms with Crippen LogP contribution in [0.2, 0.25) is 5.02 Å². The maximum Gasteiger partial charge on any atom is 0.123 e. The Labute approximate surface area is 159 Å². The Morgan fingerprint density at radius 3 is 2.81 bits per heavy atom. The van der Waals surface area contributed by atoms with Crippen LogP contribution in [0.5, 0.6) is 0 Å². The zero-order chi connectivity index (χ0) is 17.8. The number of imidazole rings is 1. The molecule has 0 saturated carbocycles. The minimum atomic E-state index is 0.310. The van der Waals surface area contributed by atoms with E-state index in [0.717, 1.165) is 43.6 Å². The van der Waals surface area contributed by atoms with Crippen LogP contribution in [-0.2, 0) is 13.1 Å². The van der Waals surface area contributed by atoms with E-state index < -0.39 is 0 Å². The van der Waals surface area contributed by atoms with Crippen LogP contribution in [-0.4, -0.2) is 34.1 Å². The van der Waals surface area contributed by atoms with Crippen molar-refractivity contribution in [2.45, 2.75) is 19.1 Å². The highest BCUT2D eigenvalue weighted by atomic mass is 35.5. The van der Waals surface area contributed by atoms with Crippen LogP contribution in [0, 0.1) is 0 Å². The lowest BCUT2D eigenvalue weighted by atomic mass is 10.0. The summed E-state index contributed by atoms with van der Waals surface area (Å²) < 4.78 is 2.24. The molecule has 2 aromatic carbocycles. The molecule has 0 bridgehead atoms. The van der Waals surface area contributed by atoms with Gasteiger partial charge in [-0.05, 0) is 23.3 Å². The molecule has 5 heteroatoms. The van der Waals surface area contributed by atoms with Gasteiger partial charge in [0, 0.05) is 49.6 Å². The fraction of sp³-hybridized carbons (Fsp3) is 0.286. The van der Waals surface area contributed by atoms with Gasteiger partial charge in [0.05, 0.1) is 6.54 Å². The topological polar surface area (TPSA) is 33.1 Å². The first-order valence-corrected chi connectivity index (χ1v) is 9.41. The molecule has 1 fully saturated rings. The number of hydrogen-bond donors (Lipinski definition) is 1. The van der Waals surface area contributed by atoms with E-state index in [-0.39, 0.29) is 0 Å². The average Bonchev–Trinajstić information content (AvgIpc) is 3.10. The van der Waals surface area contributed by atoms with Gasteiger partial charge in [0.25, 0.3) is 0 Å². The van der Waals surface area contributed by atoms with Gasteiger partial charge in [-0.2, -0.15) is 0 Å². The first-order valence-electron chi connectivity index (χ1n) is 9.04. The molecular weight excluding hydrogens is 344 g/mol.